The Bertz CT molecular complexity index is 538. The molecule has 0 aliphatic rings. The van der Waals surface area contributed by atoms with Crippen molar-refractivity contribution in [1.82, 2.24) is 15.1 Å². The zero-order chi connectivity index (χ0) is 14.4. The molecule has 0 aromatic carbocycles. The number of aromatic nitrogens is 2. The van der Waals surface area contributed by atoms with Crippen molar-refractivity contribution in [3.05, 3.63) is 34.5 Å². The van der Waals surface area contributed by atoms with E-state index in [0.29, 0.717) is 16.5 Å². The lowest BCUT2D eigenvalue weighted by Gasteiger charge is -2.10. The SMILES string of the molecule is CN(C)CCNc1ccc(NC(=O)c2cccs2)nn1. The van der Waals surface area contributed by atoms with E-state index in [2.05, 4.69) is 25.7 Å². The fourth-order valence-corrected chi connectivity index (χ4v) is 2.11. The molecule has 0 saturated heterocycles. The summed E-state index contributed by atoms with van der Waals surface area (Å²) in [6, 6.07) is 7.14. The molecule has 2 aromatic rings. The lowest BCUT2D eigenvalue weighted by atomic mass is 10.4. The van der Waals surface area contributed by atoms with Gasteiger partial charge in [-0.1, -0.05) is 6.07 Å². The number of hydrogen-bond donors (Lipinski definition) is 2. The van der Waals surface area contributed by atoms with Crippen LogP contribution >= 0.6 is 11.3 Å². The van der Waals surface area contributed by atoms with E-state index in [0.717, 1.165) is 13.1 Å². The average Bonchev–Trinajstić information content (AvgIpc) is 2.94. The monoisotopic (exact) mass is 291 g/mol. The molecule has 0 radical (unpaired) electrons. The van der Waals surface area contributed by atoms with Crippen LogP contribution in [0, 0.1) is 0 Å². The van der Waals surface area contributed by atoms with Crippen LogP contribution in [0.2, 0.25) is 0 Å². The molecule has 7 heteroatoms. The number of rotatable bonds is 6. The standard InChI is InChI=1S/C13H17N5OS/c1-18(2)8-7-14-11-5-6-12(17-16-11)15-13(19)10-4-3-9-20-10/h3-6,9H,7-8H2,1-2H3,(H,14,16)(H,15,17,19). The van der Waals surface area contributed by atoms with E-state index in [4.69, 9.17) is 0 Å². The Morgan fingerprint density at radius 2 is 2.00 bits per heavy atom. The third-order valence-corrected chi connectivity index (χ3v) is 3.38. The van der Waals surface area contributed by atoms with E-state index in [-0.39, 0.29) is 5.91 Å². The Hall–Kier alpha value is -1.99. The second-order valence-electron chi connectivity index (χ2n) is 4.47. The van der Waals surface area contributed by atoms with E-state index < -0.39 is 0 Å². The molecule has 6 nitrogen and oxygen atoms in total. The molecule has 0 spiro atoms. The minimum absolute atomic E-state index is 0.164. The molecule has 0 bridgehead atoms. The molecule has 2 rings (SSSR count). The van der Waals surface area contributed by atoms with Gasteiger partial charge in [-0.15, -0.1) is 21.5 Å². The van der Waals surface area contributed by atoms with E-state index in [1.807, 2.05) is 25.5 Å². The third kappa shape index (κ3) is 4.29. The summed E-state index contributed by atoms with van der Waals surface area (Å²) in [6.45, 7) is 1.71. The zero-order valence-corrected chi connectivity index (χ0v) is 12.3. The van der Waals surface area contributed by atoms with Gasteiger partial charge < -0.3 is 15.5 Å². The molecular formula is C13H17N5OS. The number of thiophene rings is 1. The molecule has 0 atom stereocenters. The van der Waals surface area contributed by atoms with Crippen molar-refractivity contribution >= 4 is 28.9 Å². The van der Waals surface area contributed by atoms with E-state index in [1.54, 1.807) is 18.2 Å². The lowest BCUT2D eigenvalue weighted by Crippen LogP contribution is -2.21. The molecule has 0 unspecified atom stereocenters. The number of carbonyl (C=O) groups excluding carboxylic acids is 1. The molecule has 1 amide bonds. The molecule has 0 saturated carbocycles. The first-order chi connectivity index (χ1) is 9.65. The highest BCUT2D eigenvalue weighted by Gasteiger charge is 2.07. The maximum absolute atomic E-state index is 11.8. The van der Waals surface area contributed by atoms with Crippen molar-refractivity contribution in [3.63, 3.8) is 0 Å². The first-order valence-electron chi connectivity index (χ1n) is 6.22. The molecule has 2 aromatic heterocycles. The summed E-state index contributed by atoms with van der Waals surface area (Å²) in [5.74, 6) is 0.977. The molecule has 2 heterocycles. The van der Waals surface area contributed by atoms with Gasteiger partial charge in [-0.3, -0.25) is 4.79 Å². The fraction of sp³-hybridized carbons (Fsp3) is 0.308. The number of nitrogens with zero attached hydrogens (tertiary/aromatic N) is 3. The van der Waals surface area contributed by atoms with Crippen LogP contribution < -0.4 is 10.6 Å². The van der Waals surface area contributed by atoms with Gasteiger partial charge in [-0.25, -0.2) is 0 Å². The Kier molecular flexibility index (Phi) is 5.03. The van der Waals surface area contributed by atoms with Crippen molar-refractivity contribution < 1.29 is 4.79 Å². The number of carbonyl (C=O) groups is 1. The Labute approximate surface area is 121 Å². The Morgan fingerprint density at radius 3 is 2.60 bits per heavy atom. The van der Waals surface area contributed by atoms with Crippen LogP contribution in [0.25, 0.3) is 0 Å². The van der Waals surface area contributed by atoms with Gasteiger partial charge in [0.25, 0.3) is 5.91 Å². The highest BCUT2D eigenvalue weighted by molar-refractivity contribution is 7.12. The molecule has 2 N–H and O–H groups in total. The minimum atomic E-state index is -0.164. The fourth-order valence-electron chi connectivity index (χ4n) is 1.49. The quantitative estimate of drug-likeness (QED) is 0.848. The van der Waals surface area contributed by atoms with Crippen LogP contribution in [0.3, 0.4) is 0 Å². The van der Waals surface area contributed by atoms with Crippen LogP contribution in [0.15, 0.2) is 29.6 Å². The van der Waals surface area contributed by atoms with Crippen LogP contribution in [-0.2, 0) is 0 Å². The first kappa shape index (κ1) is 14.4. The molecule has 0 aliphatic heterocycles. The Morgan fingerprint density at radius 1 is 1.25 bits per heavy atom. The van der Waals surface area contributed by atoms with Crippen molar-refractivity contribution in [2.45, 2.75) is 0 Å². The lowest BCUT2D eigenvalue weighted by molar-refractivity contribution is 0.103. The van der Waals surface area contributed by atoms with Crippen LogP contribution in [0.1, 0.15) is 9.67 Å². The van der Waals surface area contributed by atoms with Crippen LogP contribution in [-0.4, -0.2) is 48.2 Å². The van der Waals surface area contributed by atoms with Gasteiger partial charge in [-0.2, -0.15) is 0 Å². The van der Waals surface area contributed by atoms with Crippen molar-refractivity contribution in [2.24, 2.45) is 0 Å². The predicted molar refractivity (Wildman–Crippen MR) is 81.3 cm³/mol. The van der Waals surface area contributed by atoms with E-state index in [9.17, 15) is 4.79 Å². The summed E-state index contributed by atoms with van der Waals surface area (Å²) in [4.78, 5) is 14.5. The van der Waals surface area contributed by atoms with Crippen LogP contribution in [0.4, 0.5) is 11.6 Å². The number of anilines is 2. The van der Waals surface area contributed by atoms with Crippen molar-refractivity contribution in [3.8, 4) is 0 Å². The summed E-state index contributed by atoms with van der Waals surface area (Å²) >= 11 is 1.39. The highest BCUT2D eigenvalue weighted by Crippen LogP contribution is 2.12. The van der Waals surface area contributed by atoms with Gasteiger partial charge in [-0.05, 0) is 37.7 Å². The number of nitrogens with one attached hydrogen (secondary N) is 2. The van der Waals surface area contributed by atoms with Gasteiger partial charge >= 0.3 is 0 Å². The van der Waals surface area contributed by atoms with Crippen molar-refractivity contribution in [2.75, 3.05) is 37.8 Å². The maximum atomic E-state index is 11.8. The molecule has 106 valence electrons. The number of hydrogen-bond acceptors (Lipinski definition) is 6. The third-order valence-electron chi connectivity index (χ3n) is 2.52. The summed E-state index contributed by atoms with van der Waals surface area (Å²) in [5, 5.41) is 15.7. The second-order valence-corrected chi connectivity index (χ2v) is 5.41. The van der Waals surface area contributed by atoms with E-state index >= 15 is 0 Å². The Balaban J connectivity index is 1.87. The van der Waals surface area contributed by atoms with Gasteiger partial charge in [0.15, 0.2) is 5.82 Å². The van der Waals surface area contributed by atoms with Gasteiger partial charge in [0.05, 0.1) is 4.88 Å². The number of likely N-dealkylation sites (N-methyl/N-ethyl adjacent to an activating group) is 1. The molecular weight excluding hydrogens is 274 g/mol. The van der Waals surface area contributed by atoms with E-state index in [1.165, 1.54) is 11.3 Å². The summed E-state index contributed by atoms with van der Waals surface area (Å²) in [5.41, 5.74) is 0. The summed E-state index contributed by atoms with van der Waals surface area (Å²) in [6.07, 6.45) is 0. The van der Waals surface area contributed by atoms with Crippen molar-refractivity contribution in [1.29, 1.82) is 0 Å². The van der Waals surface area contributed by atoms with Crippen LogP contribution in [0.5, 0.6) is 0 Å². The zero-order valence-electron chi connectivity index (χ0n) is 11.5. The normalized spacial score (nSPS) is 10.6. The summed E-state index contributed by atoms with van der Waals surface area (Å²) in [7, 11) is 4.02. The maximum Gasteiger partial charge on any atom is 0.266 e. The topological polar surface area (TPSA) is 70.2 Å². The van der Waals surface area contributed by atoms with Gasteiger partial charge in [0.2, 0.25) is 0 Å². The largest absolute Gasteiger partial charge is 0.367 e. The minimum Gasteiger partial charge on any atom is -0.367 e. The second kappa shape index (κ2) is 6.97. The molecule has 0 aliphatic carbocycles. The predicted octanol–water partition coefficient (Wildman–Crippen LogP) is 1.76. The van der Waals surface area contributed by atoms with Gasteiger partial charge in [0.1, 0.15) is 5.82 Å². The molecule has 0 fully saturated rings. The smallest absolute Gasteiger partial charge is 0.266 e. The van der Waals surface area contributed by atoms with Gasteiger partial charge in [0, 0.05) is 13.1 Å². The average molecular weight is 291 g/mol. The first-order valence-corrected chi connectivity index (χ1v) is 7.10. The highest BCUT2D eigenvalue weighted by atomic mass is 32.1. The molecule has 20 heavy (non-hydrogen) atoms. The summed E-state index contributed by atoms with van der Waals surface area (Å²) < 4.78 is 0. The number of amides is 1.